The second-order valence-electron chi connectivity index (χ2n) is 5.18. The zero-order valence-corrected chi connectivity index (χ0v) is 11.1. The van der Waals surface area contributed by atoms with Crippen LogP contribution in [0.4, 0.5) is 0 Å². The number of aromatic nitrogens is 2. The molecule has 1 N–H and O–H groups in total. The fraction of sp³-hybridized carbons (Fsp3) is 0.769. The van der Waals surface area contributed by atoms with E-state index in [1.807, 2.05) is 11.7 Å². The van der Waals surface area contributed by atoms with Gasteiger partial charge in [-0.05, 0) is 45.7 Å². The lowest BCUT2D eigenvalue weighted by Crippen LogP contribution is -2.34. The molecule has 0 spiro atoms. The molecule has 1 aromatic heterocycles. The normalized spacial score (nSPS) is 18.8. The van der Waals surface area contributed by atoms with E-state index in [9.17, 15) is 0 Å². The Hall–Kier alpha value is -0.870. The lowest BCUT2D eigenvalue weighted by molar-refractivity contribution is 0.127. The molecule has 1 fully saturated rings. The number of hydrogen-bond acceptors (Lipinski definition) is 3. The smallest absolute Gasteiger partial charge is 0.0641 e. The van der Waals surface area contributed by atoms with E-state index in [4.69, 9.17) is 5.11 Å². The zero-order valence-electron chi connectivity index (χ0n) is 11.1. The average molecular weight is 237 g/mol. The summed E-state index contributed by atoms with van der Waals surface area (Å²) in [6.07, 6.45) is 2.24. The van der Waals surface area contributed by atoms with Gasteiger partial charge in [0.05, 0.1) is 5.69 Å². The Morgan fingerprint density at radius 2 is 1.94 bits per heavy atom. The van der Waals surface area contributed by atoms with Crippen molar-refractivity contribution in [1.29, 1.82) is 0 Å². The first kappa shape index (κ1) is 12.6. The maximum Gasteiger partial charge on any atom is 0.0641 e. The number of aliphatic hydroxyl groups is 1. The average Bonchev–Trinajstić information content (AvgIpc) is 2.57. The molecule has 0 aliphatic carbocycles. The fourth-order valence-electron chi connectivity index (χ4n) is 2.60. The number of likely N-dealkylation sites (tertiary alicyclic amines) is 1. The molecular weight excluding hydrogens is 214 g/mol. The van der Waals surface area contributed by atoms with Gasteiger partial charge in [0.1, 0.15) is 0 Å². The minimum absolute atomic E-state index is 0.346. The van der Waals surface area contributed by atoms with E-state index in [2.05, 4.69) is 23.8 Å². The maximum atomic E-state index is 9.13. The largest absolute Gasteiger partial charge is 0.396 e. The van der Waals surface area contributed by atoms with Crippen molar-refractivity contribution in [2.75, 3.05) is 19.7 Å². The molecule has 0 radical (unpaired) electrons. The van der Waals surface area contributed by atoms with Crippen molar-refractivity contribution in [1.82, 2.24) is 14.7 Å². The third kappa shape index (κ3) is 2.69. The summed E-state index contributed by atoms with van der Waals surface area (Å²) in [5, 5.41) is 13.6. The Kier molecular flexibility index (Phi) is 3.84. The van der Waals surface area contributed by atoms with E-state index in [1.54, 1.807) is 0 Å². The first-order valence-electron chi connectivity index (χ1n) is 6.44. The van der Waals surface area contributed by atoms with Gasteiger partial charge in [0.15, 0.2) is 0 Å². The van der Waals surface area contributed by atoms with Crippen molar-refractivity contribution in [2.45, 2.75) is 33.2 Å². The quantitative estimate of drug-likeness (QED) is 0.860. The molecule has 1 aliphatic rings. The van der Waals surface area contributed by atoms with Gasteiger partial charge in [0.25, 0.3) is 0 Å². The molecule has 1 aliphatic heterocycles. The van der Waals surface area contributed by atoms with Crippen LogP contribution in [0.2, 0.25) is 0 Å². The van der Waals surface area contributed by atoms with Crippen LogP contribution in [0, 0.1) is 19.8 Å². The van der Waals surface area contributed by atoms with Gasteiger partial charge in [-0.15, -0.1) is 0 Å². The van der Waals surface area contributed by atoms with E-state index in [1.165, 1.54) is 11.3 Å². The van der Waals surface area contributed by atoms with Gasteiger partial charge in [-0.2, -0.15) is 5.10 Å². The molecule has 4 nitrogen and oxygen atoms in total. The van der Waals surface area contributed by atoms with Crippen LogP contribution in [0.5, 0.6) is 0 Å². The number of hydrogen-bond donors (Lipinski definition) is 1. The van der Waals surface area contributed by atoms with Gasteiger partial charge in [-0.25, -0.2) is 0 Å². The van der Waals surface area contributed by atoms with Crippen LogP contribution in [0.3, 0.4) is 0 Å². The van der Waals surface area contributed by atoms with E-state index in [0.29, 0.717) is 12.5 Å². The van der Waals surface area contributed by atoms with Crippen LogP contribution in [0.25, 0.3) is 0 Å². The Labute approximate surface area is 103 Å². The minimum atomic E-state index is 0.346. The van der Waals surface area contributed by atoms with Gasteiger partial charge in [-0.1, -0.05) is 0 Å². The standard InChI is InChI=1S/C13H23N3O/c1-10-13(11(2)15(3)14-10)8-16-6-4-12(9-17)5-7-16/h12,17H,4-9H2,1-3H3. The van der Waals surface area contributed by atoms with Crippen molar-refractivity contribution in [3.8, 4) is 0 Å². The molecule has 0 bridgehead atoms. The summed E-state index contributed by atoms with van der Waals surface area (Å²) in [6.45, 7) is 7.76. The van der Waals surface area contributed by atoms with Gasteiger partial charge in [0.2, 0.25) is 0 Å². The van der Waals surface area contributed by atoms with Crippen LogP contribution in [-0.2, 0) is 13.6 Å². The fourth-order valence-corrected chi connectivity index (χ4v) is 2.60. The Morgan fingerprint density at radius 1 is 1.29 bits per heavy atom. The molecule has 0 saturated carbocycles. The monoisotopic (exact) mass is 237 g/mol. The van der Waals surface area contributed by atoms with Gasteiger partial charge < -0.3 is 5.11 Å². The first-order chi connectivity index (χ1) is 8.11. The van der Waals surface area contributed by atoms with E-state index in [-0.39, 0.29) is 0 Å². The highest BCUT2D eigenvalue weighted by atomic mass is 16.3. The molecule has 0 aromatic carbocycles. The molecule has 0 amide bonds. The third-order valence-corrected chi connectivity index (χ3v) is 4.01. The van der Waals surface area contributed by atoms with Crippen LogP contribution < -0.4 is 0 Å². The Balaban J connectivity index is 1.98. The summed E-state index contributed by atoms with van der Waals surface area (Å²) in [5.41, 5.74) is 3.79. The number of piperidine rings is 1. The van der Waals surface area contributed by atoms with Crippen molar-refractivity contribution >= 4 is 0 Å². The number of nitrogens with zero attached hydrogens (tertiary/aromatic N) is 3. The van der Waals surface area contributed by atoms with Crippen molar-refractivity contribution < 1.29 is 5.11 Å². The summed E-state index contributed by atoms with van der Waals surface area (Å²) in [5.74, 6) is 0.516. The molecule has 2 rings (SSSR count). The summed E-state index contributed by atoms with van der Waals surface area (Å²) >= 11 is 0. The van der Waals surface area contributed by atoms with E-state index in [0.717, 1.165) is 38.2 Å². The highest BCUT2D eigenvalue weighted by Gasteiger charge is 2.20. The van der Waals surface area contributed by atoms with Crippen molar-refractivity contribution in [3.05, 3.63) is 17.0 Å². The number of aryl methyl sites for hydroxylation is 2. The van der Waals surface area contributed by atoms with Crippen LogP contribution in [-0.4, -0.2) is 39.5 Å². The minimum Gasteiger partial charge on any atom is -0.396 e. The van der Waals surface area contributed by atoms with Crippen LogP contribution >= 0.6 is 0 Å². The molecule has 0 atom stereocenters. The highest BCUT2D eigenvalue weighted by molar-refractivity contribution is 5.24. The van der Waals surface area contributed by atoms with Crippen LogP contribution in [0.15, 0.2) is 0 Å². The molecule has 0 unspecified atom stereocenters. The number of aliphatic hydroxyl groups excluding tert-OH is 1. The Bertz CT molecular complexity index is 378. The van der Waals surface area contributed by atoms with Crippen molar-refractivity contribution in [2.24, 2.45) is 13.0 Å². The molecule has 1 aromatic rings. The summed E-state index contributed by atoms with van der Waals surface area (Å²) in [6, 6.07) is 0. The highest BCUT2D eigenvalue weighted by Crippen LogP contribution is 2.20. The lowest BCUT2D eigenvalue weighted by atomic mass is 9.97. The SMILES string of the molecule is Cc1nn(C)c(C)c1CN1CCC(CO)CC1. The predicted octanol–water partition coefficient (Wildman–Crippen LogP) is 1.24. The Morgan fingerprint density at radius 3 is 2.41 bits per heavy atom. The predicted molar refractivity (Wildman–Crippen MR) is 67.8 cm³/mol. The van der Waals surface area contributed by atoms with Gasteiger partial charge in [-0.3, -0.25) is 9.58 Å². The molecule has 17 heavy (non-hydrogen) atoms. The van der Waals surface area contributed by atoms with Gasteiger partial charge in [0, 0.05) is 31.5 Å². The summed E-state index contributed by atoms with van der Waals surface area (Å²) in [4.78, 5) is 2.48. The second kappa shape index (κ2) is 5.19. The molecular formula is C13H23N3O. The second-order valence-corrected chi connectivity index (χ2v) is 5.18. The lowest BCUT2D eigenvalue weighted by Gasteiger charge is -2.31. The van der Waals surface area contributed by atoms with E-state index < -0.39 is 0 Å². The topological polar surface area (TPSA) is 41.3 Å². The first-order valence-corrected chi connectivity index (χ1v) is 6.44. The van der Waals surface area contributed by atoms with E-state index >= 15 is 0 Å². The molecule has 96 valence electrons. The molecule has 4 heteroatoms. The molecule has 2 heterocycles. The molecule has 1 saturated heterocycles. The summed E-state index contributed by atoms with van der Waals surface area (Å²) in [7, 11) is 2.00. The number of rotatable bonds is 3. The third-order valence-electron chi connectivity index (χ3n) is 4.01. The summed E-state index contributed by atoms with van der Waals surface area (Å²) < 4.78 is 1.96. The zero-order chi connectivity index (χ0) is 12.4. The maximum absolute atomic E-state index is 9.13. The van der Waals surface area contributed by atoms with Crippen molar-refractivity contribution in [3.63, 3.8) is 0 Å². The van der Waals surface area contributed by atoms with Gasteiger partial charge >= 0.3 is 0 Å². The van der Waals surface area contributed by atoms with Crippen LogP contribution in [0.1, 0.15) is 29.8 Å².